The van der Waals surface area contributed by atoms with E-state index in [4.69, 9.17) is 5.73 Å². The van der Waals surface area contributed by atoms with Gasteiger partial charge in [0, 0.05) is 10.5 Å². The summed E-state index contributed by atoms with van der Waals surface area (Å²) >= 11 is 6.74. The van der Waals surface area contributed by atoms with Gasteiger partial charge in [-0.2, -0.15) is 4.98 Å². The topological polar surface area (TPSA) is 63.8 Å². The van der Waals surface area contributed by atoms with Crippen molar-refractivity contribution in [2.45, 2.75) is 13.0 Å². The molecule has 2 aromatic rings. The predicted molar refractivity (Wildman–Crippen MR) is 80.3 cm³/mol. The molecule has 0 amide bonds. The van der Waals surface area contributed by atoms with E-state index in [0.717, 1.165) is 10.0 Å². The molecule has 3 N–H and O–H groups in total. The summed E-state index contributed by atoms with van der Waals surface area (Å²) in [5, 5.41) is 3.21. The van der Waals surface area contributed by atoms with Gasteiger partial charge in [-0.05, 0) is 40.5 Å². The summed E-state index contributed by atoms with van der Waals surface area (Å²) in [6, 6.07) is 9.84. The maximum Gasteiger partial charge on any atom is 0.226 e. The molecular formula is C12H12Br2N4. The minimum Gasteiger partial charge on any atom is -0.383 e. The van der Waals surface area contributed by atoms with E-state index >= 15 is 0 Å². The molecule has 6 heteroatoms. The van der Waals surface area contributed by atoms with Crippen LogP contribution in [0.2, 0.25) is 0 Å². The minimum atomic E-state index is 0.0937. The number of nitrogen functional groups attached to an aromatic ring is 1. The smallest absolute Gasteiger partial charge is 0.226 e. The van der Waals surface area contributed by atoms with Crippen LogP contribution in [0.3, 0.4) is 0 Å². The van der Waals surface area contributed by atoms with Gasteiger partial charge in [-0.15, -0.1) is 0 Å². The van der Waals surface area contributed by atoms with Crippen LogP contribution in [0, 0.1) is 0 Å². The monoisotopic (exact) mass is 370 g/mol. The third-order valence-corrected chi connectivity index (χ3v) is 3.31. The van der Waals surface area contributed by atoms with Gasteiger partial charge in [-0.1, -0.05) is 28.1 Å². The van der Waals surface area contributed by atoms with E-state index < -0.39 is 0 Å². The second-order valence-electron chi connectivity index (χ2n) is 3.86. The van der Waals surface area contributed by atoms with E-state index in [1.54, 1.807) is 6.07 Å². The van der Waals surface area contributed by atoms with Gasteiger partial charge in [-0.25, -0.2) is 4.98 Å². The van der Waals surface area contributed by atoms with Crippen LogP contribution in [0.25, 0.3) is 0 Å². The summed E-state index contributed by atoms with van der Waals surface area (Å²) in [7, 11) is 0. The molecule has 0 aliphatic heterocycles. The molecule has 0 radical (unpaired) electrons. The molecule has 1 aromatic heterocycles. The van der Waals surface area contributed by atoms with Gasteiger partial charge in [0.1, 0.15) is 10.4 Å². The molecular weight excluding hydrogens is 360 g/mol. The minimum absolute atomic E-state index is 0.0937. The quantitative estimate of drug-likeness (QED) is 0.806. The van der Waals surface area contributed by atoms with Gasteiger partial charge in [0.05, 0.1) is 6.04 Å². The van der Waals surface area contributed by atoms with Gasteiger partial charge in [0.25, 0.3) is 0 Å². The lowest BCUT2D eigenvalue weighted by molar-refractivity contribution is 0.859. The Kier molecular flexibility index (Phi) is 4.19. The Morgan fingerprint density at radius 3 is 2.67 bits per heavy atom. The Bertz CT molecular complexity index is 539. The van der Waals surface area contributed by atoms with Crippen LogP contribution in [-0.4, -0.2) is 9.97 Å². The Hall–Kier alpha value is -1.14. The van der Waals surface area contributed by atoms with Crippen LogP contribution in [0.5, 0.6) is 0 Å². The highest BCUT2D eigenvalue weighted by molar-refractivity contribution is 9.10. The molecule has 4 nitrogen and oxygen atoms in total. The van der Waals surface area contributed by atoms with E-state index in [1.165, 1.54) is 0 Å². The summed E-state index contributed by atoms with van der Waals surface area (Å²) in [4.78, 5) is 8.36. The molecule has 0 fully saturated rings. The summed E-state index contributed by atoms with van der Waals surface area (Å²) in [6.07, 6.45) is 0. The standard InChI is InChI=1S/C12H12Br2N4/c1-7(8-3-2-4-9(13)5-8)16-12-17-10(14)6-11(15)18-12/h2-7H,1H3,(H3,15,16,17,18). The average Bonchev–Trinajstić information content (AvgIpc) is 2.27. The van der Waals surface area contributed by atoms with Crippen LogP contribution < -0.4 is 11.1 Å². The number of aromatic nitrogens is 2. The van der Waals surface area contributed by atoms with E-state index in [-0.39, 0.29) is 6.04 Å². The zero-order valence-corrected chi connectivity index (χ0v) is 12.9. The summed E-state index contributed by atoms with van der Waals surface area (Å²) in [5.74, 6) is 0.940. The fourth-order valence-electron chi connectivity index (χ4n) is 1.55. The molecule has 0 spiro atoms. The van der Waals surface area contributed by atoms with Gasteiger partial charge >= 0.3 is 0 Å². The molecule has 94 valence electrons. The van der Waals surface area contributed by atoms with Crippen molar-refractivity contribution in [3.8, 4) is 0 Å². The lowest BCUT2D eigenvalue weighted by Crippen LogP contribution is -2.10. The molecule has 1 unspecified atom stereocenters. The number of benzene rings is 1. The number of hydrogen-bond acceptors (Lipinski definition) is 4. The SMILES string of the molecule is CC(Nc1nc(N)cc(Br)n1)c1cccc(Br)c1. The molecule has 0 saturated heterocycles. The first-order valence-corrected chi connectivity index (χ1v) is 6.95. The average molecular weight is 372 g/mol. The molecule has 1 atom stereocenters. The third kappa shape index (κ3) is 3.43. The first-order valence-electron chi connectivity index (χ1n) is 5.36. The second kappa shape index (κ2) is 5.67. The van der Waals surface area contributed by atoms with Gasteiger partial charge in [-0.3, -0.25) is 0 Å². The Balaban J connectivity index is 2.18. The fraction of sp³-hybridized carbons (Fsp3) is 0.167. The van der Waals surface area contributed by atoms with E-state index in [9.17, 15) is 0 Å². The zero-order valence-electron chi connectivity index (χ0n) is 9.69. The highest BCUT2D eigenvalue weighted by Gasteiger charge is 2.08. The molecule has 2 rings (SSSR count). The molecule has 18 heavy (non-hydrogen) atoms. The van der Waals surface area contributed by atoms with E-state index in [2.05, 4.69) is 53.2 Å². The van der Waals surface area contributed by atoms with Crippen molar-refractivity contribution >= 4 is 43.6 Å². The first-order chi connectivity index (χ1) is 8.54. The Morgan fingerprint density at radius 2 is 2.00 bits per heavy atom. The summed E-state index contributed by atoms with van der Waals surface area (Å²) in [5.41, 5.74) is 6.81. The molecule has 1 aromatic carbocycles. The highest BCUT2D eigenvalue weighted by atomic mass is 79.9. The zero-order chi connectivity index (χ0) is 13.1. The van der Waals surface area contributed by atoms with Gasteiger partial charge < -0.3 is 11.1 Å². The Morgan fingerprint density at radius 1 is 1.22 bits per heavy atom. The number of nitrogens with zero attached hydrogens (tertiary/aromatic N) is 2. The molecule has 0 saturated carbocycles. The fourth-order valence-corrected chi connectivity index (χ4v) is 2.37. The van der Waals surface area contributed by atoms with Crippen molar-refractivity contribution in [1.82, 2.24) is 9.97 Å². The molecule has 0 bridgehead atoms. The van der Waals surface area contributed by atoms with E-state index in [0.29, 0.717) is 16.4 Å². The van der Waals surface area contributed by atoms with Crippen molar-refractivity contribution in [1.29, 1.82) is 0 Å². The van der Waals surface area contributed by atoms with Crippen LogP contribution in [0.4, 0.5) is 11.8 Å². The molecule has 0 aliphatic carbocycles. The van der Waals surface area contributed by atoms with Crippen LogP contribution in [0.1, 0.15) is 18.5 Å². The largest absolute Gasteiger partial charge is 0.383 e. The van der Waals surface area contributed by atoms with Gasteiger partial charge in [0.15, 0.2) is 0 Å². The first kappa shape index (κ1) is 13.3. The molecule has 1 heterocycles. The van der Waals surface area contributed by atoms with Crippen molar-refractivity contribution in [2.24, 2.45) is 0 Å². The lowest BCUT2D eigenvalue weighted by Gasteiger charge is -2.14. The normalized spacial score (nSPS) is 12.2. The summed E-state index contributed by atoms with van der Waals surface area (Å²) < 4.78 is 1.71. The van der Waals surface area contributed by atoms with E-state index in [1.807, 2.05) is 25.1 Å². The maximum absolute atomic E-state index is 5.67. The lowest BCUT2D eigenvalue weighted by atomic mass is 10.1. The number of anilines is 2. The van der Waals surface area contributed by atoms with Crippen molar-refractivity contribution in [2.75, 3.05) is 11.1 Å². The second-order valence-corrected chi connectivity index (χ2v) is 5.59. The van der Waals surface area contributed by atoms with Crippen molar-refractivity contribution in [3.05, 3.63) is 45.0 Å². The number of rotatable bonds is 3. The number of nitrogens with two attached hydrogens (primary N) is 1. The molecule has 0 aliphatic rings. The Labute approximate surface area is 122 Å². The number of halogens is 2. The van der Waals surface area contributed by atoms with Crippen molar-refractivity contribution < 1.29 is 0 Å². The van der Waals surface area contributed by atoms with Gasteiger partial charge in [0.2, 0.25) is 5.95 Å². The van der Waals surface area contributed by atoms with Crippen LogP contribution in [-0.2, 0) is 0 Å². The predicted octanol–water partition coefficient (Wildman–Crippen LogP) is 3.76. The van der Waals surface area contributed by atoms with Crippen LogP contribution >= 0.6 is 31.9 Å². The summed E-state index contributed by atoms with van der Waals surface area (Å²) in [6.45, 7) is 2.04. The number of nitrogens with one attached hydrogen (secondary N) is 1. The third-order valence-electron chi connectivity index (χ3n) is 2.41. The maximum atomic E-state index is 5.67. The highest BCUT2D eigenvalue weighted by Crippen LogP contribution is 2.21. The van der Waals surface area contributed by atoms with Crippen LogP contribution in [0.15, 0.2) is 39.4 Å². The number of hydrogen-bond donors (Lipinski definition) is 2. The van der Waals surface area contributed by atoms with Crippen molar-refractivity contribution in [3.63, 3.8) is 0 Å².